The van der Waals surface area contributed by atoms with E-state index in [0.29, 0.717) is 17.9 Å². The van der Waals surface area contributed by atoms with Gasteiger partial charge in [0, 0.05) is 17.9 Å². The molecule has 0 spiro atoms. The molecule has 0 atom stereocenters. The molecule has 5 heteroatoms. The molecule has 0 amide bonds. The Morgan fingerprint density at radius 1 is 1.07 bits per heavy atom. The summed E-state index contributed by atoms with van der Waals surface area (Å²) in [4.78, 5) is 0. The fraction of sp³-hybridized carbons (Fsp3) is 0.273. The van der Waals surface area contributed by atoms with E-state index in [-0.39, 0.29) is 11.2 Å². The Hall–Kier alpha value is -2.40. The molecule has 0 aliphatic carbocycles. The Kier molecular flexibility index (Phi) is 5.80. The van der Waals surface area contributed by atoms with Gasteiger partial charge in [0.15, 0.2) is 11.0 Å². The number of nitrogens with zero attached hydrogens (tertiary/aromatic N) is 3. The van der Waals surface area contributed by atoms with Crippen LogP contribution in [0.3, 0.4) is 0 Å². The topological polar surface area (TPSA) is 30.7 Å². The molecule has 3 aromatic rings. The van der Waals surface area contributed by atoms with Gasteiger partial charge in [0.25, 0.3) is 0 Å². The van der Waals surface area contributed by atoms with Crippen molar-refractivity contribution in [2.45, 2.75) is 43.6 Å². The maximum Gasteiger partial charge on any atom is 0.192 e. The highest BCUT2D eigenvalue weighted by Gasteiger charge is 2.17. The van der Waals surface area contributed by atoms with Gasteiger partial charge in [0.2, 0.25) is 0 Å². The minimum atomic E-state index is -0.197. The van der Waals surface area contributed by atoms with Crippen molar-refractivity contribution >= 4 is 11.8 Å². The zero-order chi connectivity index (χ0) is 19.4. The molecule has 0 aliphatic heterocycles. The van der Waals surface area contributed by atoms with Crippen molar-refractivity contribution in [3.05, 3.63) is 78.1 Å². The van der Waals surface area contributed by atoms with E-state index in [1.165, 1.54) is 23.4 Å². The van der Waals surface area contributed by atoms with Gasteiger partial charge < -0.3 is 0 Å². The van der Waals surface area contributed by atoms with E-state index in [2.05, 4.69) is 61.8 Å². The van der Waals surface area contributed by atoms with Gasteiger partial charge in [0.1, 0.15) is 5.82 Å². The number of rotatable bonds is 6. The molecule has 0 saturated heterocycles. The summed E-state index contributed by atoms with van der Waals surface area (Å²) < 4.78 is 15.9. The van der Waals surface area contributed by atoms with Crippen LogP contribution in [0.1, 0.15) is 31.9 Å². The molecule has 3 nitrogen and oxygen atoms in total. The lowest BCUT2D eigenvalue weighted by molar-refractivity contribution is 0.590. The Morgan fingerprint density at radius 2 is 1.78 bits per heavy atom. The predicted octanol–water partition coefficient (Wildman–Crippen LogP) is 5.86. The van der Waals surface area contributed by atoms with Crippen LogP contribution in [0.2, 0.25) is 0 Å². The van der Waals surface area contributed by atoms with Gasteiger partial charge in [-0.2, -0.15) is 0 Å². The molecule has 0 aliphatic rings. The van der Waals surface area contributed by atoms with Crippen LogP contribution in [0, 0.1) is 5.82 Å². The maximum atomic E-state index is 13.9. The minimum Gasteiger partial charge on any atom is -0.298 e. The molecule has 3 rings (SSSR count). The van der Waals surface area contributed by atoms with Crippen LogP contribution < -0.4 is 0 Å². The van der Waals surface area contributed by atoms with Crippen LogP contribution in [0.4, 0.5) is 4.39 Å². The molecule has 2 aromatic carbocycles. The first-order chi connectivity index (χ1) is 12.9. The number of hydrogen-bond acceptors (Lipinski definition) is 3. The predicted molar refractivity (Wildman–Crippen MR) is 110 cm³/mol. The van der Waals surface area contributed by atoms with Crippen molar-refractivity contribution in [1.29, 1.82) is 0 Å². The second-order valence-corrected chi connectivity index (χ2v) is 8.36. The van der Waals surface area contributed by atoms with Gasteiger partial charge in [-0.05, 0) is 22.6 Å². The fourth-order valence-corrected chi connectivity index (χ4v) is 3.71. The third kappa shape index (κ3) is 4.48. The van der Waals surface area contributed by atoms with Crippen molar-refractivity contribution in [3.63, 3.8) is 0 Å². The largest absolute Gasteiger partial charge is 0.298 e. The highest BCUT2D eigenvalue weighted by atomic mass is 32.2. The standard InChI is InChI=1S/C22H24FN3S/c1-5-14-26-20(16-10-12-18(13-11-16)22(2,3)4)24-25-21(26)27-15-17-8-6-7-9-19(17)23/h5-13H,1,14-15H2,2-4H3. The number of thioether (sulfide) groups is 1. The Morgan fingerprint density at radius 3 is 2.41 bits per heavy atom. The van der Waals surface area contributed by atoms with Crippen LogP contribution in [-0.2, 0) is 17.7 Å². The second-order valence-electron chi connectivity index (χ2n) is 7.41. The van der Waals surface area contributed by atoms with Crippen molar-refractivity contribution in [3.8, 4) is 11.4 Å². The lowest BCUT2D eigenvalue weighted by Crippen LogP contribution is -2.10. The van der Waals surface area contributed by atoms with Crippen molar-refractivity contribution in [2.24, 2.45) is 0 Å². The van der Waals surface area contributed by atoms with Crippen molar-refractivity contribution in [2.75, 3.05) is 0 Å². The summed E-state index contributed by atoms with van der Waals surface area (Å²) in [5.74, 6) is 1.11. The molecule has 1 aromatic heterocycles. The van der Waals surface area contributed by atoms with Gasteiger partial charge >= 0.3 is 0 Å². The number of hydrogen-bond donors (Lipinski definition) is 0. The highest BCUT2D eigenvalue weighted by molar-refractivity contribution is 7.98. The molecule has 0 unspecified atom stereocenters. The van der Waals surface area contributed by atoms with E-state index in [9.17, 15) is 4.39 Å². The smallest absolute Gasteiger partial charge is 0.192 e. The summed E-state index contributed by atoms with van der Waals surface area (Å²) in [5.41, 5.74) is 3.05. The Labute approximate surface area is 164 Å². The Bertz CT molecular complexity index is 923. The minimum absolute atomic E-state index is 0.105. The molecule has 140 valence electrons. The summed E-state index contributed by atoms with van der Waals surface area (Å²) in [7, 11) is 0. The van der Waals surface area contributed by atoms with Gasteiger partial charge in [0.05, 0.1) is 0 Å². The summed E-state index contributed by atoms with van der Waals surface area (Å²) in [6.45, 7) is 11.0. The molecule has 27 heavy (non-hydrogen) atoms. The lowest BCUT2D eigenvalue weighted by atomic mass is 9.87. The number of benzene rings is 2. The molecule has 0 bridgehead atoms. The van der Waals surface area contributed by atoms with Crippen LogP contribution >= 0.6 is 11.8 Å². The van der Waals surface area contributed by atoms with E-state index in [4.69, 9.17) is 0 Å². The van der Waals surface area contributed by atoms with Crippen LogP contribution in [0.15, 0.2) is 66.3 Å². The molecule has 0 saturated carbocycles. The van der Waals surface area contributed by atoms with Crippen LogP contribution in [0.5, 0.6) is 0 Å². The van der Waals surface area contributed by atoms with Crippen LogP contribution in [0.25, 0.3) is 11.4 Å². The molecular formula is C22H24FN3S. The average Bonchev–Trinajstić information content (AvgIpc) is 3.03. The second kappa shape index (κ2) is 8.09. The number of allylic oxidation sites excluding steroid dienone is 1. The van der Waals surface area contributed by atoms with Gasteiger partial charge in [-0.25, -0.2) is 4.39 Å². The molecule has 0 radical (unpaired) electrons. The van der Waals surface area contributed by atoms with E-state index < -0.39 is 0 Å². The van der Waals surface area contributed by atoms with Gasteiger partial charge in [-0.3, -0.25) is 4.57 Å². The van der Waals surface area contributed by atoms with E-state index in [0.717, 1.165) is 16.5 Å². The molecule has 0 N–H and O–H groups in total. The lowest BCUT2D eigenvalue weighted by Gasteiger charge is -2.19. The quantitative estimate of drug-likeness (QED) is 0.396. The summed E-state index contributed by atoms with van der Waals surface area (Å²) >= 11 is 1.48. The summed E-state index contributed by atoms with van der Waals surface area (Å²) in [5, 5.41) is 9.47. The molecule has 1 heterocycles. The fourth-order valence-electron chi connectivity index (χ4n) is 2.78. The zero-order valence-electron chi connectivity index (χ0n) is 15.9. The third-order valence-corrected chi connectivity index (χ3v) is 5.37. The normalized spacial score (nSPS) is 11.6. The van der Waals surface area contributed by atoms with E-state index >= 15 is 0 Å². The number of aromatic nitrogens is 3. The highest BCUT2D eigenvalue weighted by Crippen LogP contribution is 2.29. The summed E-state index contributed by atoms with van der Waals surface area (Å²) in [6.07, 6.45) is 1.82. The van der Waals surface area contributed by atoms with Crippen molar-refractivity contribution < 1.29 is 4.39 Å². The average molecular weight is 382 g/mol. The van der Waals surface area contributed by atoms with Crippen LogP contribution in [-0.4, -0.2) is 14.8 Å². The first-order valence-corrected chi connectivity index (χ1v) is 9.90. The number of halogens is 1. The van der Waals surface area contributed by atoms with Gasteiger partial charge in [-0.1, -0.05) is 81.1 Å². The molecular weight excluding hydrogens is 357 g/mol. The zero-order valence-corrected chi connectivity index (χ0v) is 16.8. The first kappa shape index (κ1) is 19.4. The SMILES string of the molecule is C=CCn1c(SCc2ccccc2F)nnc1-c1ccc(C(C)(C)C)cc1. The molecule has 0 fully saturated rings. The first-order valence-electron chi connectivity index (χ1n) is 8.91. The maximum absolute atomic E-state index is 13.9. The van der Waals surface area contributed by atoms with E-state index in [1.807, 2.05) is 16.7 Å². The summed E-state index contributed by atoms with van der Waals surface area (Å²) in [6, 6.07) is 15.2. The Balaban J connectivity index is 1.87. The monoisotopic (exact) mass is 381 g/mol. The third-order valence-electron chi connectivity index (χ3n) is 4.35. The van der Waals surface area contributed by atoms with E-state index in [1.54, 1.807) is 12.1 Å². The van der Waals surface area contributed by atoms with Gasteiger partial charge in [-0.15, -0.1) is 16.8 Å². The van der Waals surface area contributed by atoms with Crippen molar-refractivity contribution in [1.82, 2.24) is 14.8 Å².